The molecule has 0 amide bonds. The van der Waals surface area contributed by atoms with Gasteiger partial charge in [-0.15, -0.1) is 0 Å². The molecule has 0 aliphatic carbocycles. The maximum Gasteiger partial charge on any atom is 0.243 e. The van der Waals surface area contributed by atoms with Crippen molar-refractivity contribution in [2.45, 2.75) is 18.5 Å². The van der Waals surface area contributed by atoms with Crippen molar-refractivity contribution in [3.05, 3.63) is 70.5 Å². The van der Waals surface area contributed by atoms with Crippen molar-refractivity contribution in [2.75, 3.05) is 5.32 Å². The van der Waals surface area contributed by atoms with Gasteiger partial charge >= 0.3 is 0 Å². The van der Waals surface area contributed by atoms with E-state index in [2.05, 4.69) is 20.8 Å². The van der Waals surface area contributed by atoms with E-state index in [0.29, 0.717) is 17.4 Å². The number of aromatic nitrogens is 4. The van der Waals surface area contributed by atoms with Gasteiger partial charge in [0.05, 0.1) is 12.1 Å². The molecule has 5 nitrogen and oxygen atoms in total. The van der Waals surface area contributed by atoms with Crippen molar-refractivity contribution < 1.29 is 4.39 Å². The lowest BCUT2D eigenvalue weighted by Crippen LogP contribution is -2.28. The zero-order valence-corrected chi connectivity index (χ0v) is 12.8. The summed E-state index contributed by atoms with van der Waals surface area (Å²) >= 11 is 5.96. The first-order chi connectivity index (χ1) is 11.2. The molecule has 23 heavy (non-hydrogen) atoms. The number of hydrogen-bond acceptors (Lipinski definition) is 4. The Labute approximate surface area is 137 Å². The molecule has 0 unspecified atom stereocenters. The number of nitrogens with one attached hydrogen (secondary N) is 1. The van der Waals surface area contributed by atoms with Gasteiger partial charge in [0.1, 0.15) is 5.82 Å². The van der Waals surface area contributed by atoms with E-state index in [-0.39, 0.29) is 17.9 Å². The second kappa shape index (κ2) is 5.62. The fourth-order valence-electron chi connectivity index (χ4n) is 2.94. The third kappa shape index (κ3) is 2.66. The first-order valence-electron chi connectivity index (χ1n) is 7.26. The molecule has 0 saturated heterocycles. The van der Waals surface area contributed by atoms with Crippen molar-refractivity contribution in [3.8, 4) is 0 Å². The van der Waals surface area contributed by atoms with Gasteiger partial charge in [-0.05, 0) is 52.2 Å². The number of benzene rings is 2. The minimum absolute atomic E-state index is 0.0269. The van der Waals surface area contributed by atoms with Crippen molar-refractivity contribution in [1.29, 1.82) is 0 Å². The molecule has 0 saturated carbocycles. The van der Waals surface area contributed by atoms with Crippen LogP contribution in [0.1, 0.15) is 29.6 Å². The van der Waals surface area contributed by atoms with Gasteiger partial charge in [0, 0.05) is 5.02 Å². The quantitative estimate of drug-likeness (QED) is 0.780. The predicted octanol–water partition coefficient (Wildman–Crippen LogP) is 3.61. The monoisotopic (exact) mass is 329 g/mol. The van der Waals surface area contributed by atoms with E-state index in [1.165, 1.54) is 12.1 Å². The molecule has 4 rings (SSSR count). The molecule has 2 heterocycles. The second-order valence-corrected chi connectivity index (χ2v) is 5.94. The average Bonchev–Trinajstić information content (AvgIpc) is 3.03. The highest BCUT2D eigenvalue weighted by Gasteiger charge is 2.30. The number of fused-ring (bicyclic) bond motifs is 1. The zero-order chi connectivity index (χ0) is 15.8. The highest BCUT2D eigenvalue weighted by atomic mass is 35.5. The average molecular weight is 330 g/mol. The van der Waals surface area contributed by atoms with E-state index in [4.69, 9.17) is 11.6 Å². The first kappa shape index (κ1) is 14.1. The van der Waals surface area contributed by atoms with Gasteiger partial charge in [0.2, 0.25) is 5.95 Å². The number of rotatable bonds is 2. The Morgan fingerprint density at radius 3 is 2.74 bits per heavy atom. The topological polar surface area (TPSA) is 55.6 Å². The molecule has 2 aromatic carbocycles. The Morgan fingerprint density at radius 1 is 1.13 bits per heavy atom. The van der Waals surface area contributed by atoms with Crippen LogP contribution in [0.15, 0.2) is 48.5 Å². The van der Waals surface area contributed by atoms with Crippen LogP contribution in [0, 0.1) is 5.82 Å². The number of anilines is 1. The van der Waals surface area contributed by atoms with Crippen LogP contribution in [0.25, 0.3) is 0 Å². The van der Waals surface area contributed by atoms with Crippen LogP contribution < -0.4 is 5.32 Å². The summed E-state index contributed by atoms with van der Waals surface area (Å²) in [5.74, 6) is 0.309. The van der Waals surface area contributed by atoms with Crippen LogP contribution in [-0.4, -0.2) is 20.2 Å². The van der Waals surface area contributed by atoms with Gasteiger partial charge < -0.3 is 5.32 Å². The lowest BCUT2D eigenvalue weighted by molar-refractivity contribution is 0.422. The lowest BCUT2D eigenvalue weighted by Gasteiger charge is -2.31. The highest BCUT2D eigenvalue weighted by Crippen LogP contribution is 2.37. The summed E-state index contributed by atoms with van der Waals surface area (Å²) < 4.78 is 15.3. The van der Waals surface area contributed by atoms with Crippen LogP contribution >= 0.6 is 11.6 Å². The summed E-state index contributed by atoms with van der Waals surface area (Å²) in [5, 5.41) is 15.8. The maximum absolute atomic E-state index is 13.6. The summed E-state index contributed by atoms with van der Waals surface area (Å²) in [6, 6.07) is 14.1. The largest absolute Gasteiger partial charge is 0.346 e. The Balaban J connectivity index is 1.73. The van der Waals surface area contributed by atoms with Gasteiger partial charge in [-0.3, -0.25) is 0 Å². The third-order valence-electron chi connectivity index (χ3n) is 4.06. The normalized spacial score (nSPS) is 19.9. The molecule has 1 aromatic heterocycles. The summed E-state index contributed by atoms with van der Waals surface area (Å²) in [6.45, 7) is 0. The summed E-state index contributed by atoms with van der Waals surface area (Å²) in [4.78, 5) is 0. The van der Waals surface area contributed by atoms with Crippen LogP contribution in [0.5, 0.6) is 0 Å². The minimum atomic E-state index is -0.265. The van der Waals surface area contributed by atoms with E-state index in [9.17, 15) is 4.39 Å². The van der Waals surface area contributed by atoms with Crippen LogP contribution in [0.2, 0.25) is 5.02 Å². The molecule has 0 fully saturated rings. The standard InChI is InChI=1S/C16H13ClFN5/c17-12-6-4-10(5-7-12)14-9-15(11-2-1-3-13(18)8-11)23-16(19-14)20-21-22-23/h1-8,14-15H,9H2,(H,19,20,22)/t14-,15-/m0/s1. The Morgan fingerprint density at radius 2 is 1.96 bits per heavy atom. The molecule has 1 aliphatic rings. The fraction of sp³-hybridized carbons (Fsp3) is 0.188. The smallest absolute Gasteiger partial charge is 0.243 e. The molecule has 1 N–H and O–H groups in total. The molecule has 0 radical (unpaired) electrons. The Hall–Kier alpha value is -2.47. The number of halogens is 2. The number of nitrogens with zero attached hydrogens (tertiary/aromatic N) is 4. The fourth-order valence-corrected chi connectivity index (χ4v) is 3.07. The molecule has 3 aromatic rings. The lowest BCUT2D eigenvalue weighted by atomic mass is 9.93. The molecular weight excluding hydrogens is 317 g/mol. The third-order valence-corrected chi connectivity index (χ3v) is 4.31. The number of hydrogen-bond donors (Lipinski definition) is 1. The maximum atomic E-state index is 13.6. The van der Waals surface area contributed by atoms with Gasteiger partial charge in [0.25, 0.3) is 0 Å². The van der Waals surface area contributed by atoms with Crippen LogP contribution in [0.3, 0.4) is 0 Å². The van der Waals surface area contributed by atoms with Gasteiger partial charge in [-0.2, -0.15) is 0 Å². The second-order valence-electron chi connectivity index (χ2n) is 5.50. The van der Waals surface area contributed by atoms with E-state index in [0.717, 1.165) is 11.1 Å². The SMILES string of the molecule is Fc1cccc([C@@H]2C[C@@H](c3ccc(Cl)cc3)Nc3nnnn32)c1. The zero-order valence-electron chi connectivity index (χ0n) is 12.0. The van der Waals surface area contributed by atoms with Crippen molar-refractivity contribution in [1.82, 2.24) is 20.2 Å². The van der Waals surface area contributed by atoms with E-state index < -0.39 is 0 Å². The molecule has 1 aliphatic heterocycles. The molecule has 2 atom stereocenters. The van der Waals surface area contributed by atoms with E-state index in [1.54, 1.807) is 10.7 Å². The Bertz CT molecular complexity index is 832. The Kier molecular flexibility index (Phi) is 3.46. The van der Waals surface area contributed by atoms with Crippen molar-refractivity contribution >= 4 is 17.5 Å². The van der Waals surface area contributed by atoms with Crippen molar-refractivity contribution in [2.24, 2.45) is 0 Å². The van der Waals surface area contributed by atoms with Gasteiger partial charge in [-0.25, -0.2) is 9.07 Å². The predicted molar refractivity (Wildman–Crippen MR) is 84.8 cm³/mol. The molecule has 116 valence electrons. The summed E-state index contributed by atoms with van der Waals surface area (Å²) in [7, 11) is 0. The molecule has 0 bridgehead atoms. The molecular formula is C16H13ClFN5. The van der Waals surface area contributed by atoms with Crippen molar-refractivity contribution in [3.63, 3.8) is 0 Å². The van der Waals surface area contributed by atoms with Gasteiger partial charge in [0.15, 0.2) is 0 Å². The molecule has 0 spiro atoms. The van der Waals surface area contributed by atoms with Crippen LogP contribution in [-0.2, 0) is 0 Å². The van der Waals surface area contributed by atoms with Gasteiger partial charge in [-0.1, -0.05) is 41.0 Å². The van der Waals surface area contributed by atoms with Crippen LogP contribution in [0.4, 0.5) is 10.3 Å². The molecule has 7 heteroatoms. The first-order valence-corrected chi connectivity index (χ1v) is 7.64. The van der Waals surface area contributed by atoms with E-state index in [1.807, 2.05) is 30.3 Å². The number of tetrazole rings is 1. The highest BCUT2D eigenvalue weighted by molar-refractivity contribution is 6.30. The van der Waals surface area contributed by atoms with E-state index >= 15 is 0 Å². The summed E-state index contributed by atoms with van der Waals surface area (Å²) in [6.07, 6.45) is 0.711. The minimum Gasteiger partial charge on any atom is -0.346 e. The summed E-state index contributed by atoms with van der Waals surface area (Å²) in [5.41, 5.74) is 1.93.